The van der Waals surface area contributed by atoms with E-state index in [2.05, 4.69) is 5.32 Å². The average Bonchev–Trinajstić information content (AvgIpc) is 2.16. The predicted molar refractivity (Wildman–Crippen MR) is 59.4 cm³/mol. The zero-order valence-electron chi connectivity index (χ0n) is 9.88. The number of nitrogens with two attached hydrogens (primary N) is 1. The van der Waals surface area contributed by atoms with Crippen LogP contribution in [0.2, 0.25) is 0 Å². The Hall–Kier alpha value is -0.610. The highest BCUT2D eigenvalue weighted by molar-refractivity contribution is 5.82. The van der Waals surface area contributed by atoms with Crippen LogP contribution >= 0.6 is 0 Å². The van der Waals surface area contributed by atoms with Gasteiger partial charge in [-0.3, -0.25) is 4.79 Å². The molecule has 1 amide bonds. The van der Waals surface area contributed by atoms with E-state index in [0.29, 0.717) is 6.61 Å². The molecular formula is C11H22N2O2. The Morgan fingerprint density at radius 3 is 2.67 bits per heavy atom. The van der Waals surface area contributed by atoms with Crippen molar-refractivity contribution in [2.24, 2.45) is 11.7 Å². The Balaban J connectivity index is 2.49. The molecule has 1 unspecified atom stereocenters. The molecule has 15 heavy (non-hydrogen) atoms. The maximum Gasteiger partial charge on any atom is 0.237 e. The summed E-state index contributed by atoms with van der Waals surface area (Å²) in [4.78, 5) is 11.8. The minimum atomic E-state index is -0.427. The Labute approximate surface area is 91.5 Å². The maximum absolute atomic E-state index is 11.8. The van der Waals surface area contributed by atoms with Crippen molar-refractivity contribution in [2.75, 3.05) is 13.2 Å². The molecule has 1 saturated heterocycles. The number of amides is 1. The summed E-state index contributed by atoms with van der Waals surface area (Å²) < 4.78 is 5.37. The summed E-state index contributed by atoms with van der Waals surface area (Å²) in [5, 5.41) is 2.99. The molecule has 3 N–H and O–H groups in total. The smallest absolute Gasteiger partial charge is 0.237 e. The fourth-order valence-electron chi connectivity index (χ4n) is 1.72. The van der Waals surface area contributed by atoms with Gasteiger partial charge in [-0.05, 0) is 25.7 Å². The summed E-state index contributed by atoms with van der Waals surface area (Å²) in [7, 11) is 0. The van der Waals surface area contributed by atoms with Gasteiger partial charge in [0.15, 0.2) is 0 Å². The third-order valence-electron chi connectivity index (χ3n) is 2.88. The summed E-state index contributed by atoms with van der Waals surface area (Å²) in [6, 6.07) is -0.427. The van der Waals surface area contributed by atoms with Gasteiger partial charge in [0.25, 0.3) is 0 Å². The molecule has 2 atom stereocenters. The first-order valence-corrected chi connectivity index (χ1v) is 5.60. The van der Waals surface area contributed by atoms with E-state index in [4.69, 9.17) is 10.5 Å². The van der Waals surface area contributed by atoms with Crippen LogP contribution in [-0.4, -0.2) is 30.7 Å². The molecule has 0 aromatic heterocycles. The van der Waals surface area contributed by atoms with Gasteiger partial charge in [-0.2, -0.15) is 0 Å². The summed E-state index contributed by atoms with van der Waals surface area (Å²) in [5.74, 6) is 0.0936. The lowest BCUT2D eigenvalue weighted by Gasteiger charge is -2.35. The minimum Gasteiger partial charge on any atom is -0.379 e. The Bertz CT molecular complexity index is 223. The fourth-order valence-corrected chi connectivity index (χ4v) is 1.72. The van der Waals surface area contributed by atoms with E-state index < -0.39 is 6.04 Å². The van der Waals surface area contributed by atoms with Gasteiger partial charge in [-0.15, -0.1) is 0 Å². The van der Waals surface area contributed by atoms with Crippen LogP contribution in [0.4, 0.5) is 0 Å². The first kappa shape index (κ1) is 12.5. The zero-order chi connectivity index (χ0) is 11.5. The van der Waals surface area contributed by atoms with E-state index in [-0.39, 0.29) is 17.4 Å². The molecule has 1 aliphatic heterocycles. The number of hydrogen-bond acceptors (Lipinski definition) is 3. The number of nitrogens with one attached hydrogen (secondary N) is 1. The van der Waals surface area contributed by atoms with Gasteiger partial charge < -0.3 is 15.8 Å². The largest absolute Gasteiger partial charge is 0.379 e. The number of carbonyl (C=O) groups excluding carboxylic acids is 1. The van der Waals surface area contributed by atoms with Gasteiger partial charge in [0, 0.05) is 6.61 Å². The van der Waals surface area contributed by atoms with Crippen LogP contribution in [0.5, 0.6) is 0 Å². The molecule has 1 heterocycles. The molecule has 1 fully saturated rings. The van der Waals surface area contributed by atoms with E-state index in [9.17, 15) is 4.79 Å². The van der Waals surface area contributed by atoms with Crippen LogP contribution in [0.25, 0.3) is 0 Å². The van der Waals surface area contributed by atoms with Crippen LogP contribution < -0.4 is 11.1 Å². The van der Waals surface area contributed by atoms with Crippen LogP contribution in [0.3, 0.4) is 0 Å². The first-order chi connectivity index (χ1) is 6.94. The number of hydrogen-bond donors (Lipinski definition) is 2. The fraction of sp³-hybridized carbons (Fsp3) is 0.909. The van der Waals surface area contributed by atoms with Gasteiger partial charge in [0.2, 0.25) is 5.91 Å². The summed E-state index contributed by atoms with van der Waals surface area (Å²) >= 11 is 0. The van der Waals surface area contributed by atoms with Crippen LogP contribution in [0, 0.1) is 5.92 Å². The molecule has 0 aromatic rings. The SMILES string of the molecule is CC(C)[C@@H](N)C(=O)NC1(C)CCCOC1. The molecule has 88 valence electrons. The molecule has 0 radical (unpaired) electrons. The molecule has 0 bridgehead atoms. The van der Waals surface area contributed by atoms with Crippen molar-refractivity contribution in [1.29, 1.82) is 0 Å². The quantitative estimate of drug-likeness (QED) is 0.725. The second-order valence-electron chi connectivity index (χ2n) is 4.98. The van der Waals surface area contributed by atoms with Gasteiger partial charge in [0.05, 0.1) is 18.2 Å². The summed E-state index contributed by atoms with van der Waals surface area (Å²) in [5.41, 5.74) is 5.55. The lowest BCUT2D eigenvalue weighted by Crippen LogP contribution is -2.56. The lowest BCUT2D eigenvalue weighted by molar-refractivity contribution is -0.126. The van der Waals surface area contributed by atoms with Crippen molar-refractivity contribution >= 4 is 5.91 Å². The molecule has 0 aromatic carbocycles. The van der Waals surface area contributed by atoms with Crippen molar-refractivity contribution in [1.82, 2.24) is 5.32 Å². The van der Waals surface area contributed by atoms with Crippen molar-refractivity contribution in [3.63, 3.8) is 0 Å². The molecular weight excluding hydrogens is 192 g/mol. The molecule has 4 nitrogen and oxygen atoms in total. The highest BCUT2D eigenvalue weighted by atomic mass is 16.5. The van der Waals surface area contributed by atoms with E-state index >= 15 is 0 Å². The minimum absolute atomic E-state index is 0.0713. The van der Waals surface area contributed by atoms with Crippen LogP contribution in [0.1, 0.15) is 33.6 Å². The zero-order valence-corrected chi connectivity index (χ0v) is 9.88. The summed E-state index contributed by atoms with van der Waals surface area (Å²) in [6.07, 6.45) is 1.96. The molecule has 1 rings (SSSR count). The number of rotatable bonds is 3. The highest BCUT2D eigenvalue weighted by Crippen LogP contribution is 2.18. The van der Waals surface area contributed by atoms with Crippen LogP contribution in [0.15, 0.2) is 0 Å². The molecule has 0 saturated carbocycles. The second kappa shape index (κ2) is 4.94. The van der Waals surface area contributed by atoms with Crippen molar-refractivity contribution in [2.45, 2.75) is 45.2 Å². The van der Waals surface area contributed by atoms with E-state index in [1.165, 1.54) is 0 Å². The Morgan fingerprint density at radius 1 is 1.53 bits per heavy atom. The summed E-state index contributed by atoms with van der Waals surface area (Å²) in [6.45, 7) is 7.29. The van der Waals surface area contributed by atoms with Gasteiger partial charge >= 0.3 is 0 Å². The van der Waals surface area contributed by atoms with E-state index in [0.717, 1.165) is 19.4 Å². The molecule has 0 aliphatic carbocycles. The average molecular weight is 214 g/mol. The Kier molecular flexibility index (Phi) is 4.11. The van der Waals surface area contributed by atoms with Crippen LogP contribution in [-0.2, 0) is 9.53 Å². The maximum atomic E-state index is 11.8. The monoisotopic (exact) mass is 214 g/mol. The lowest BCUT2D eigenvalue weighted by atomic mass is 9.93. The second-order valence-corrected chi connectivity index (χ2v) is 4.98. The van der Waals surface area contributed by atoms with Gasteiger partial charge in [0.1, 0.15) is 0 Å². The number of ether oxygens (including phenoxy) is 1. The molecule has 1 aliphatic rings. The third-order valence-corrected chi connectivity index (χ3v) is 2.88. The predicted octanol–water partition coefficient (Wildman–Crippen LogP) is 0.655. The molecule has 4 heteroatoms. The standard InChI is InChI=1S/C11H22N2O2/c1-8(2)9(12)10(14)13-11(3)5-4-6-15-7-11/h8-9H,4-7,12H2,1-3H3,(H,13,14)/t9-,11?/m1/s1. The van der Waals surface area contributed by atoms with E-state index in [1.807, 2.05) is 20.8 Å². The van der Waals surface area contributed by atoms with Crippen molar-refractivity contribution in [3.05, 3.63) is 0 Å². The van der Waals surface area contributed by atoms with Crippen molar-refractivity contribution in [3.8, 4) is 0 Å². The highest BCUT2D eigenvalue weighted by Gasteiger charge is 2.31. The molecule has 0 spiro atoms. The first-order valence-electron chi connectivity index (χ1n) is 5.60. The Morgan fingerprint density at radius 2 is 2.20 bits per heavy atom. The topological polar surface area (TPSA) is 64.4 Å². The van der Waals surface area contributed by atoms with E-state index in [1.54, 1.807) is 0 Å². The van der Waals surface area contributed by atoms with Gasteiger partial charge in [-0.25, -0.2) is 0 Å². The van der Waals surface area contributed by atoms with Gasteiger partial charge in [-0.1, -0.05) is 13.8 Å². The normalized spacial score (nSPS) is 28.9. The van der Waals surface area contributed by atoms with Crippen molar-refractivity contribution < 1.29 is 9.53 Å². The number of carbonyl (C=O) groups is 1. The third kappa shape index (κ3) is 3.47.